The molecule has 3 aromatic rings. The summed E-state index contributed by atoms with van der Waals surface area (Å²) in [6.07, 6.45) is 8.14. The van der Waals surface area contributed by atoms with Crippen molar-refractivity contribution in [1.82, 2.24) is 14.8 Å². The van der Waals surface area contributed by atoms with Crippen LogP contribution < -0.4 is 4.90 Å². The maximum Gasteiger partial charge on any atom is 0.416 e. The number of likely N-dealkylation sites (tertiary alicyclic amines) is 1. The first kappa shape index (κ1) is 27.9. The topological polar surface area (TPSA) is 39.7 Å². The Bertz CT molecular complexity index is 1290. The lowest BCUT2D eigenvalue weighted by molar-refractivity contribution is -0.137. The number of hydrogen-bond donors (Lipinski definition) is 0. The van der Waals surface area contributed by atoms with E-state index in [-0.39, 0.29) is 11.9 Å². The number of alkyl halides is 3. The molecule has 210 valence electrons. The summed E-state index contributed by atoms with van der Waals surface area (Å²) in [4.78, 5) is 24.2. The number of anilines is 2. The van der Waals surface area contributed by atoms with Crippen LogP contribution in [0.2, 0.25) is 0 Å². The van der Waals surface area contributed by atoms with Crippen molar-refractivity contribution >= 4 is 23.4 Å². The first-order valence-electron chi connectivity index (χ1n) is 13.9. The Morgan fingerprint density at radius 1 is 0.950 bits per heavy atom. The normalized spacial score (nSPS) is 18.4. The summed E-state index contributed by atoms with van der Waals surface area (Å²) < 4.78 is 38.8. The van der Waals surface area contributed by atoms with Crippen molar-refractivity contribution < 1.29 is 18.0 Å². The molecule has 2 fully saturated rings. The smallest absolute Gasteiger partial charge is 0.345 e. The highest BCUT2D eigenvalue weighted by molar-refractivity contribution is 5.92. The number of amides is 1. The number of hydrogen-bond acceptors (Lipinski definition) is 4. The molecule has 1 saturated carbocycles. The van der Waals surface area contributed by atoms with Gasteiger partial charge >= 0.3 is 6.18 Å². The molecule has 2 aromatic carbocycles. The monoisotopic (exact) mass is 548 g/mol. The first-order chi connectivity index (χ1) is 19.3. The van der Waals surface area contributed by atoms with Gasteiger partial charge in [-0.05, 0) is 72.9 Å². The molecule has 1 saturated heterocycles. The van der Waals surface area contributed by atoms with Crippen LogP contribution in [0, 0.1) is 0 Å². The molecule has 2 aliphatic rings. The molecule has 0 N–H and O–H groups in total. The second kappa shape index (κ2) is 12.3. The standard InChI is InChI=1S/C32H35F3N4O/c1-37(28-16-19-36-20-17-28)27-13-8-25(9-14-27)22-39(30-18-21-38(23-30)29-4-2-3-5-29)31(40)15-10-24-6-11-26(12-7-24)32(33,34)35/h6-17,19-20,29-30H,2-5,18,21-23H2,1H3/b15-10+/t30-/m1/s1. The number of carbonyl (C=O) groups excluding carboxylic acids is 1. The molecule has 1 aliphatic carbocycles. The fourth-order valence-corrected chi connectivity index (χ4v) is 5.80. The Labute approximate surface area is 233 Å². The summed E-state index contributed by atoms with van der Waals surface area (Å²) in [5, 5.41) is 0. The van der Waals surface area contributed by atoms with E-state index in [1.54, 1.807) is 18.5 Å². The minimum atomic E-state index is -4.38. The summed E-state index contributed by atoms with van der Waals surface area (Å²) in [5.74, 6) is -0.129. The summed E-state index contributed by atoms with van der Waals surface area (Å²) in [6, 6.07) is 17.7. The molecule has 1 aromatic heterocycles. The van der Waals surface area contributed by atoms with Gasteiger partial charge in [0.25, 0.3) is 0 Å². The van der Waals surface area contributed by atoms with E-state index >= 15 is 0 Å². The SMILES string of the molecule is CN(c1ccncc1)c1ccc(CN(C(=O)/C=C/c2ccc(C(F)(F)F)cc2)[C@@H]2CCN(C3CCCC3)C2)cc1. The zero-order valence-electron chi connectivity index (χ0n) is 22.7. The lowest BCUT2D eigenvalue weighted by Crippen LogP contribution is -2.42. The van der Waals surface area contributed by atoms with Crippen LogP contribution in [0.1, 0.15) is 48.8 Å². The fraction of sp³-hybridized carbons (Fsp3) is 0.375. The van der Waals surface area contributed by atoms with Crippen LogP contribution in [0.15, 0.2) is 79.1 Å². The van der Waals surface area contributed by atoms with Crippen LogP contribution in [0.5, 0.6) is 0 Å². The van der Waals surface area contributed by atoms with Gasteiger partial charge in [-0.1, -0.05) is 37.1 Å². The van der Waals surface area contributed by atoms with E-state index in [4.69, 9.17) is 0 Å². The molecule has 0 spiro atoms. The summed E-state index contributed by atoms with van der Waals surface area (Å²) in [7, 11) is 2.00. The molecule has 5 rings (SSSR count). The van der Waals surface area contributed by atoms with Crippen LogP contribution in [-0.4, -0.2) is 52.9 Å². The van der Waals surface area contributed by atoms with Crippen LogP contribution >= 0.6 is 0 Å². The van der Waals surface area contributed by atoms with E-state index in [1.807, 2.05) is 24.1 Å². The summed E-state index contributed by atoms with van der Waals surface area (Å²) in [6.45, 7) is 2.31. The Morgan fingerprint density at radius 2 is 1.60 bits per heavy atom. The van der Waals surface area contributed by atoms with Gasteiger partial charge in [0.15, 0.2) is 0 Å². The molecule has 0 bridgehead atoms. The maximum absolute atomic E-state index is 13.5. The Hall–Kier alpha value is -3.65. The van der Waals surface area contributed by atoms with Gasteiger partial charge in [-0.25, -0.2) is 0 Å². The number of aromatic nitrogens is 1. The number of rotatable bonds is 8. The molecule has 2 heterocycles. The van der Waals surface area contributed by atoms with E-state index in [0.717, 1.165) is 48.6 Å². The third-order valence-corrected chi connectivity index (χ3v) is 8.14. The van der Waals surface area contributed by atoms with E-state index in [9.17, 15) is 18.0 Å². The van der Waals surface area contributed by atoms with Crippen molar-refractivity contribution in [3.63, 3.8) is 0 Å². The van der Waals surface area contributed by atoms with Gasteiger partial charge in [-0.3, -0.25) is 14.7 Å². The lowest BCUT2D eigenvalue weighted by Gasteiger charge is -2.30. The molecular formula is C32H35F3N4O. The van der Waals surface area contributed by atoms with Gasteiger partial charge in [0.2, 0.25) is 5.91 Å². The second-order valence-corrected chi connectivity index (χ2v) is 10.7. The minimum absolute atomic E-state index is 0.0875. The zero-order chi connectivity index (χ0) is 28.1. The average Bonchev–Trinajstić information content (AvgIpc) is 3.68. The van der Waals surface area contributed by atoms with Crippen LogP contribution in [0.25, 0.3) is 6.08 Å². The molecule has 1 amide bonds. The zero-order valence-corrected chi connectivity index (χ0v) is 22.7. The number of benzene rings is 2. The van der Waals surface area contributed by atoms with Crippen LogP contribution in [-0.2, 0) is 17.5 Å². The third-order valence-electron chi connectivity index (χ3n) is 8.14. The maximum atomic E-state index is 13.5. The van der Waals surface area contributed by atoms with Gasteiger partial charge in [0, 0.05) is 68.6 Å². The number of pyridine rings is 1. The van der Waals surface area contributed by atoms with Gasteiger partial charge in [0.05, 0.1) is 5.56 Å². The van der Waals surface area contributed by atoms with Gasteiger partial charge in [0.1, 0.15) is 0 Å². The highest BCUT2D eigenvalue weighted by atomic mass is 19.4. The predicted octanol–water partition coefficient (Wildman–Crippen LogP) is 6.93. The molecule has 1 aliphatic heterocycles. The number of carbonyl (C=O) groups is 1. The molecular weight excluding hydrogens is 513 g/mol. The molecule has 0 radical (unpaired) electrons. The lowest BCUT2D eigenvalue weighted by atomic mass is 10.1. The van der Waals surface area contributed by atoms with E-state index in [1.165, 1.54) is 43.9 Å². The average molecular weight is 549 g/mol. The van der Waals surface area contributed by atoms with Crippen molar-refractivity contribution in [2.24, 2.45) is 0 Å². The van der Waals surface area contributed by atoms with Crippen molar-refractivity contribution in [3.05, 3.63) is 95.8 Å². The summed E-state index contributed by atoms with van der Waals surface area (Å²) >= 11 is 0. The van der Waals surface area contributed by atoms with Crippen molar-refractivity contribution in [2.75, 3.05) is 25.0 Å². The van der Waals surface area contributed by atoms with E-state index < -0.39 is 11.7 Å². The van der Waals surface area contributed by atoms with Gasteiger partial charge in [-0.15, -0.1) is 0 Å². The first-order valence-corrected chi connectivity index (χ1v) is 13.9. The highest BCUT2D eigenvalue weighted by Gasteiger charge is 2.34. The third kappa shape index (κ3) is 6.73. The minimum Gasteiger partial charge on any atom is -0.345 e. The van der Waals surface area contributed by atoms with Crippen molar-refractivity contribution in [2.45, 2.75) is 56.9 Å². The molecule has 8 heteroatoms. The largest absolute Gasteiger partial charge is 0.416 e. The van der Waals surface area contributed by atoms with Gasteiger partial charge in [-0.2, -0.15) is 13.2 Å². The van der Waals surface area contributed by atoms with E-state index in [2.05, 4.69) is 39.0 Å². The number of halogens is 3. The molecule has 0 unspecified atom stereocenters. The molecule has 40 heavy (non-hydrogen) atoms. The number of nitrogens with zero attached hydrogens (tertiary/aromatic N) is 4. The Balaban J connectivity index is 1.32. The molecule has 5 nitrogen and oxygen atoms in total. The second-order valence-electron chi connectivity index (χ2n) is 10.7. The van der Waals surface area contributed by atoms with Crippen molar-refractivity contribution in [1.29, 1.82) is 0 Å². The Kier molecular flexibility index (Phi) is 8.54. The highest BCUT2D eigenvalue weighted by Crippen LogP contribution is 2.31. The van der Waals surface area contributed by atoms with Crippen LogP contribution in [0.4, 0.5) is 24.5 Å². The van der Waals surface area contributed by atoms with Crippen LogP contribution in [0.3, 0.4) is 0 Å². The van der Waals surface area contributed by atoms with E-state index in [0.29, 0.717) is 18.2 Å². The fourth-order valence-electron chi connectivity index (χ4n) is 5.80. The summed E-state index contributed by atoms with van der Waals surface area (Å²) in [5.41, 5.74) is 2.95. The molecule has 1 atom stereocenters. The predicted molar refractivity (Wildman–Crippen MR) is 152 cm³/mol. The quantitative estimate of drug-likeness (QED) is 0.286. The van der Waals surface area contributed by atoms with Crippen molar-refractivity contribution in [3.8, 4) is 0 Å². The Morgan fingerprint density at radius 3 is 2.25 bits per heavy atom. The van der Waals surface area contributed by atoms with Gasteiger partial charge < -0.3 is 9.80 Å².